The maximum Gasteiger partial charge on any atom is 0.194 e. The summed E-state index contributed by atoms with van der Waals surface area (Å²) in [5, 5.41) is 27.6. The lowest BCUT2D eigenvalue weighted by molar-refractivity contribution is 0.0178. The van der Waals surface area contributed by atoms with Crippen LogP contribution in [0.15, 0.2) is 42.7 Å². The molecule has 3 aliphatic rings. The predicted molar refractivity (Wildman–Crippen MR) is 118 cm³/mol. The third-order valence-electron chi connectivity index (χ3n) is 6.50. The summed E-state index contributed by atoms with van der Waals surface area (Å²) in [4.78, 5) is 2.37. The molecule has 2 aromatic heterocycles. The number of nitrogens with one attached hydrogen (secondary N) is 1. The molecule has 3 aliphatic heterocycles. The second-order valence-corrected chi connectivity index (χ2v) is 8.69. The lowest BCUT2D eigenvalue weighted by atomic mass is 9.91. The topological polar surface area (TPSA) is 97.6 Å². The Morgan fingerprint density at radius 3 is 2.75 bits per heavy atom. The summed E-state index contributed by atoms with van der Waals surface area (Å²) in [6.07, 6.45) is 6.52. The number of anilines is 1. The summed E-state index contributed by atoms with van der Waals surface area (Å²) >= 11 is 0. The van der Waals surface area contributed by atoms with Gasteiger partial charge in [-0.2, -0.15) is 5.10 Å². The Morgan fingerprint density at radius 2 is 1.97 bits per heavy atom. The number of aromatic nitrogens is 4. The van der Waals surface area contributed by atoms with Crippen LogP contribution in [0.5, 0.6) is 11.5 Å². The van der Waals surface area contributed by atoms with E-state index >= 15 is 0 Å². The highest BCUT2D eigenvalue weighted by Crippen LogP contribution is 2.37. The van der Waals surface area contributed by atoms with E-state index < -0.39 is 0 Å². The smallest absolute Gasteiger partial charge is 0.194 e. The number of rotatable bonds is 3. The van der Waals surface area contributed by atoms with Gasteiger partial charge in [0.05, 0.1) is 25.5 Å². The van der Waals surface area contributed by atoms with E-state index in [1.54, 1.807) is 16.9 Å². The van der Waals surface area contributed by atoms with Crippen LogP contribution in [0.2, 0.25) is 0 Å². The highest BCUT2D eigenvalue weighted by molar-refractivity contribution is 5.71. The Labute approximate surface area is 186 Å². The quantitative estimate of drug-likeness (QED) is 0.647. The van der Waals surface area contributed by atoms with Gasteiger partial charge in [-0.05, 0) is 37.5 Å². The molecule has 0 aliphatic carbocycles. The predicted octanol–water partition coefficient (Wildman–Crippen LogP) is 2.14. The van der Waals surface area contributed by atoms with Crippen LogP contribution in [0.1, 0.15) is 19.3 Å². The first kappa shape index (κ1) is 19.5. The molecule has 2 saturated heterocycles. The molecule has 0 radical (unpaired) electrons. The Kier molecular flexibility index (Phi) is 4.92. The number of nitrogens with zero attached hydrogens (tertiary/aromatic N) is 5. The van der Waals surface area contributed by atoms with Crippen molar-refractivity contribution in [3.05, 3.63) is 42.7 Å². The fourth-order valence-electron chi connectivity index (χ4n) is 5.05. The van der Waals surface area contributed by atoms with E-state index in [1.807, 2.05) is 30.5 Å². The van der Waals surface area contributed by atoms with Crippen molar-refractivity contribution in [1.29, 1.82) is 0 Å². The van der Waals surface area contributed by atoms with E-state index in [1.165, 1.54) is 0 Å². The van der Waals surface area contributed by atoms with Crippen molar-refractivity contribution in [2.24, 2.45) is 0 Å². The fraction of sp³-hybridized carbons (Fsp3) is 0.435. The number of hydrogen-bond acceptors (Lipinski definition) is 8. The largest absolute Gasteiger partial charge is 0.507 e. The van der Waals surface area contributed by atoms with Crippen molar-refractivity contribution >= 4 is 5.82 Å². The lowest BCUT2D eigenvalue weighted by Crippen LogP contribution is -2.59. The van der Waals surface area contributed by atoms with Gasteiger partial charge < -0.3 is 24.8 Å². The van der Waals surface area contributed by atoms with Gasteiger partial charge in [0.2, 0.25) is 0 Å². The van der Waals surface area contributed by atoms with Gasteiger partial charge in [-0.1, -0.05) is 0 Å². The van der Waals surface area contributed by atoms with E-state index in [2.05, 4.69) is 25.5 Å². The third kappa shape index (κ3) is 3.57. The van der Waals surface area contributed by atoms with Crippen molar-refractivity contribution < 1.29 is 14.6 Å². The second kappa shape index (κ2) is 8.07. The Balaban J connectivity index is 1.31. The van der Waals surface area contributed by atoms with E-state index in [4.69, 9.17) is 9.47 Å². The molecule has 32 heavy (non-hydrogen) atoms. The molecule has 0 spiro atoms. The normalized spacial score (nSPS) is 25.0. The summed E-state index contributed by atoms with van der Waals surface area (Å²) in [5.74, 6) is 1.65. The van der Waals surface area contributed by atoms with Crippen molar-refractivity contribution in [1.82, 2.24) is 25.3 Å². The first-order valence-electron chi connectivity index (χ1n) is 11.2. The molecule has 1 aromatic carbocycles. The minimum Gasteiger partial charge on any atom is -0.507 e. The summed E-state index contributed by atoms with van der Waals surface area (Å²) in [6.45, 7) is 3.07. The minimum atomic E-state index is 0.129. The number of hydrogen-bond donors (Lipinski definition) is 2. The average molecular weight is 435 g/mol. The molecule has 9 nitrogen and oxygen atoms in total. The molecule has 0 amide bonds. The molecule has 5 heterocycles. The fourth-order valence-corrected chi connectivity index (χ4v) is 5.05. The molecular formula is C23H26N6O3. The number of aromatic hydroxyl groups is 1. The van der Waals surface area contributed by atoms with Gasteiger partial charge in [0, 0.05) is 54.8 Å². The van der Waals surface area contributed by atoms with Crippen LogP contribution >= 0.6 is 0 Å². The lowest BCUT2D eigenvalue weighted by Gasteiger charge is -2.44. The zero-order valence-electron chi connectivity index (χ0n) is 17.7. The zero-order chi connectivity index (χ0) is 21.5. The van der Waals surface area contributed by atoms with Crippen molar-refractivity contribution in [2.75, 3.05) is 31.3 Å². The first-order chi connectivity index (χ1) is 15.7. The van der Waals surface area contributed by atoms with Crippen molar-refractivity contribution in [3.63, 3.8) is 0 Å². The van der Waals surface area contributed by atoms with Crippen LogP contribution in [-0.4, -0.2) is 69.6 Å². The number of morpholine rings is 1. The maximum atomic E-state index is 10.7. The van der Waals surface area contributed by atoms with Crippen LogP contribution in [0.25, 0.3) is 16.9 Å². The average Bonchev–Trinajstić information content (AvgIpc) is 3.26. The highest BCUT2D eigenvalue weighted by atomic mass is 16.5. The maximum absolute atomic E-state index is 10.7. The third-order valence-corrected chi connectivity index (χ3v) is 6.50. The molecule has 166 valence electrons. The number of piperidine rings is 1. The molecule has 1 unspecified atom stereocenters. The van der Waals surface area contributed by atoms with Gasteiger partial charge in [-0.15, -0.1) is 10.2 Å². The molecule has 2 fully saturated rings. The number of phenolic OH excluding ortho intramolecular Hbond substituents is 1. The second-order valence-electron chi connectivity index (χ2n) is 8.69. The Morgan fingerprint density at radius 1 is 1.09 bits per heavy atom. The van der Waals surface area contributed by atoms with E-state index in [0.717, 1.165) is 56.3 Å². The number of phenols is 1. The van der Waals surface area contributed by atoms with Gasteiger partial charge >= 0.3 is 0 Å². The zero-order valence-corrected chi connectivity index (χ0v) is 17.7. The van der Waals surface area contributed by atoms with Gasteiger partial charge in [0.1, 0.15) is 11.4 Å². The van der Waals surface area contributed by atoms with Crippen LogP contribution in [0, 0.1) is 0 Å². The minimum absolute atomic E-state index is 0.129. The molecular weight excluding hydrogens is 408 g/mol. The van der Waals surface area contributed by atoms with E-state index in [0.29, 0.717) is 36.0 Å². The van der Waals surface area contributed by atoms with Crippen molar-refractivity contribution in [3.8, 4) is 28.4 Å². The van der Waals surface area contributed by atoms with Crippen LogP contribution in [0.4, 0.5) is 5.82 Å². The van der Waals surface area contributed by atoms with Gasteiger partial charge in [-0.3, -0.25) is 0 Å². The number of fused-ring (bicyclic) bond motifs is 3. The molecule has 6 rings (SSSR count). The van der Waals surface area contributed by atoms with Gasteiger partial charge in [0.15, 0.2) is 11.6 Å². The Hall–Kier alpha value is -3.17. The van der Waals surface area contributed by atoms with Crippen LogP contribution in [-0.2, 0) is 4.74 Å². The monoisotopic (exact) mass is 434 g/mol. The van der Waals surface area contributed by atoms with Crippen LogP contribution < -0.4 is 15.0 Å². The number of ether oxygens (including phenoxy) is 2. The highest BCUT2D eigenvalue weighted by Gasteiger charge is 2.36. The van der Waals surface area contributed by atoms with Gasteiger partial charge in [0.25, 0.3) is 0 Å². The first-order valence-corrected chi connectivity index (χ1v) is 11.2. The summed E-state index contributed by atoms with van der Waals surface area (Å²) in [6, 6.07) is 10.3. The summed E-state index contributed by atoms with van der Waals surface area (Å²) < 4.78 is 13.5. The van der Waals surface area contributed by atoms with Crippen LogP contribution in [0.3, 0.4) is 0 Å². The molecule has 2 N–H and O–H groups in total. The molecule has 3 aromatic rings. The van der Waals surface area contributed by atoms with Crippen molar-refractivity contribution in [2.45, 2.75) is 37.4 Å². The molecule has 0 saturated carbocycles. The molecule has 2 bridgehead atoms. The van der Waals surface area contributed by atoms with Gasteiger partial charge in [-0.25, -0.2) is 4.68 Å². The SMILES string of the molecule is Oc1cc(-n2cccn2)ccc1-c1cc2c(nn1)N(C1C[C@H]3COC[C@@H](C1)N3)CCCO2. The molecule has 9 heteroatoms. The Bertz CT molecular complexity index is 1090. The standard InChI is InChI=1S/C23H26N6O3/c30-21-11-17(29-7-1-5-24-29)3-4-19(21)20-12-22-23(27-26-20)28(6-2-8-32-22)18-9-15-13-31-14-16(10-18)25-15/h1,3-5,7,11-12,15-16,18,25,30H,2,6,8-10,13-14H2/t15-,16+,18?. The van der Waals surface area contributed by atoms with E-state index in [9.17, 15) is 5.11 Å². The number of benzene rings is 1. The summed E-state index contributed by atoms with van der Waals surface area (Å²) in [7, 11) is 0. The van der Waals surface area contributed by atoms with E-state index in [-0.39, 0.29) is 5.75 Å². The molecule has 3 atom stereocenters. The summed E-state index contributed by atoms with van der Waals surface area (Å²) in [5.41, 5.74) is 1.98.